The van der Waals surface area contributed by atoms with Crippen molar-refractivity contribution in [2.24, 2.45) is 5.92 Å². The van der Waals surface area contributed by atoms with E-state index in [-0.39, 0.29) is 11.7 Å². The molecule has 0 saturated heterocycles. The van der Waals surface area contributed by atoms with Crippen molar-refractivity contribution >= 4 is 33.7 Å². The standard InChI is InChI=1S/C16H15N3OS/c1-9(2)14(17)13-8-21-16(19-13)15(20)11-7-18-12-6-4-3-5-10(11)12/h3-9,17-18H,1-2H3. The van der Waals surface area contributed by atoms with Gasteiger partial charge in [-0.1, -0.05) is 32.0 Å². The zero-order valence-corrected chi connectivity index (χ0v) is 12.6. The van der Waals surface area contributed by atoms with E-state index in [0.717, 1.165) is 10.9 Å². The third-order valence-electron chi connectivity index (χ3n) is 3.39. The molecule has 0 radical (unpaired) electrons. The molecule has 5 heteroatoms. The van der Waals surface area contributed by atoms with E-state index in [1.807, 2.05) is 38.1 Å². The van der Waals surface area contributed by atoms with Gasteiger partial charge in [0, 0.05) is 22.5 Å². The normalized spacial score (nSPS) is 11.2. The van der Waals surface area contributed by atoms with Crippen LogP contribution < -0.4 is 0 Å². The van der Waals surface area contributed by atoms with Crippen LogP contribution in [0.15, 0.2) is 35.8 Å². The molecule has 1 aromatic carbocycles. The van der Waals surface area contributed by atoms with Crippen LogP contribution in [0.5, 0.6) is 0 Å². The maximum Gasteiger partial charge on any atom is 0.223 e. The third kappa shape index (κ3) is 2.40. The zero-order chi connectivity index (χ0) is 15.0. The first kappa shape index (κ1) is 13.7. The lowest BCUT2D eigenvalue weighted by Crippen LogP contribution is -2.09. The van der Waals surface area contributed by atoms with Gasteiger partial charge in [-0.2, -0.15) is 0 Å². The SMILES string of the molecule is CC(C)C(=N)c1csc(C(=O)c2c[nH]c3ccccc23)n1. The van der Waals surface area contributed by atoms with Crippen molar-refractivity contribution in [1.82, 2.24) is 9.97 Å². The highest BCUT2D eigenvalue weighted by Gasteiger charge is 2.19. The predicted molar refractivity (Wildman–Crippen MR) is 85.5 cm³/mol. The molecule has 2 aromatic heterocycles. The van der Waals surface area contributed by atoms with Gasteiger partial charge >= 0.3 is 0 Å². The van der Waals surface area contributed by atoms with Gasteiger partial charge in [-0.15, -0.1) is 11.3 Å². The number of H-pyrrole nitrogens is 1. The van der Waals surface area contributed by atoms with Crippen molar-refractivity contribution < 1.29 is 4.79 Å². The second-order valence-corrected chi connectivity index (χ2v) is 6.04. The molecule has 2 N–H and O–H groups in total. The Balaban J connectivity index is 1.97. The Kier molecular flexibility index (Phi) is 3.43. The molecule has 0 fully saturated rings. The molecule has 106 valence electrons. The lowest BCUT2D eigenvalue weighted by atomic mass is 10.1. The number of thiazole rings is 1. The lowest BCUT2D eigenvalue weighted by molar-refractivity contribution is 0.104. The van der Waals surface area contributed by atoms with Crippen LogP contribution in [0.25, 0.3) is 10.9 Å². The van der Waals surface area contributed by atoms with Gasteiger partial charge < -0.3 is 10.4 Å². The number of rotatable bonds is 4. The number of benzene rings is 1. The predicted octanol–water partition coefficient (Wildman–Crippen LogP) is 3.88. The summed E-state index contributed by atoms with van der Waals surface area (Å²) in [5, 5.41) is 11.1. The highest BCUT2D eigenvalue weighted by Crippen LogP contribution is 2.23. The van der Waals surface area contributed by atoms with Crippen LogP contribution in [-0.2, 0) is 0 Å². The molecule has 21 heavy (non-hydrogen) atoms. The minimum atomic E-state index is -0.0970. The smallest absolute Gasteiger partial charge is 0.223 e. The number of ketones is 1. The number of aromatic nitrogens is 2. The summed E-state index contributed by atoms with van der Waals surface area (Å²) < 4.78 is 0. The molecule has 0 saturated carbocycles. The Bertz CT molecular complexity index is 829. The maximum atomic E-state index is 12.6. The van der Waals surface area contributed by atoms with E-state index in [2.05, 4.69) is 9.97 Å². The second-order valence-electron chi connectivity index (χ2n) is 5.18. The summed E-state index contributed by atoms with van der Waals surface area (Å²) in [6.07, 6.45) is 1.72. The number of aromatic amines is 1. The highest BCUT2D eigenvalue weighted by atomic mass is 32.1. The van der Waals surface area contributed by atoms with E-state index in [0.29, 0.717) is 22.0 Å². The maximum absolute atomic E-state index is 12.6. The molecule has 3 rings (SSSR count). The van der Waals surface area contributed by atoms with Crippen molar-refractivity contribution in [1.29, 1.82) is 5.41 Å². The summed E-state index contributed by atoms with van der Waals surface area (Å²) in [5.41, 5.74) is 2.62. The van der Waals surface area contributed by atoms with Crippen LogP contribution in [0.3, 0.4) is 0 Å². The van der Waals surface area contributed by atoms with Crippen LogP contribution in [0, 0.1) is 11.3 Å². The number of carbonyl (C=O) groups excluding carboxylic acids is 1. The Morgan fingerprint density at radius 1 is 1.33 bits per heavy atom. The fourth-order valence-electron chi connectivity index (χ4n) is 2.17. The third-order valence-corrected chi connectivity index (χ3v) is 4.23. The molecule has 0 unspecified atom stereocenters. The average Bonchev–Trinajstić information content (AvgIpc) is 3.12. The van der Waals surface area contributed by atoms with Gasteiger partial charge in [0.25, 0.3) is 0 Å². The largest absolute Gasteiger partial charge is 0.360 e. The highest BCUT2D eigenvalue weighted by molar-refractivity contribution is 7.12. The van der Waals surface area contributed by atoms with Gasteiger partial charge in [0.2, 0.25) is 5.78 Å². The molecule has 3 aromatic rings. The van der Waals surface area contributed by atoms with E-state index in [1.165, 1.54) is 11.3 Å². The van der Waals surface area contributed by atoms with Crippen molar-refractivity contribution in [3.8, 4) is 0 Å². The first-order chi connectivity index (χ1) is 10.1. The fourth-order valence-corrected chi connectivity index (χ4v) is 2.94. The molecule has 0 atom stereocenters. The summed E-state index contributed by atoms with van der Waals surface area (Å²) in [6.45, 7) is 3.89. The minimum absolute atomic E-state index is 0.0970. The van der Waals surface area contributed by atoms with Crippen LogP contribution in [-0.4, -0.2) is 21.5 Å². The number of carbonyl (C=O) groups is 1. The molecule has 0 aliphatic carbocycles. The van der Waals surface area contributed by atoms with E-state index >= 15 is 0 Å². The fraction of sp³-hybridized carbons (Fsp3) is 0.188. The quantitative estimate of drug-likeness (QED) is 0.566. The molecule has 0 bridgehead atoms. The summed E-state index contributed by atoms with van der Waals surface area (Å²) in [7, 11) is 0. The Labute approximate surface area is 126 Å². The Morgan fingerprint density at radius 2 is 2.10 bits per heavy atom. The van der Waals surface area contributed by atoms with Gasteiger partial charge in [0.05, 0.1) is 17.0 Å². The summed E-state index contributed by atoms with van der Waals surface area (Å²) in [4.78, 5) is 20.0. The van der Waals surface area contributed by atoms with E-state index in [9.17, 15) is 4.79 Å². The molecule has 4 nitrogen and oxygen atoms in total. The Morgan fingerprint density at radius 3 is 2.86 bits per heavy atom. The van der Waals surface area contributed by atoms with Crippen LogP contribution in [0.2, 0.25) is 0 Å². The van der Waals surface area contributed by atoms with E-state index in [4.69, 9.17) is 5.41 Å². The van der Waals surface area contributed by atoms with E-state index in [1.54, 1.807) is 11.6 Å². The van der Waals surface area contributed by atoms with Gasteiger partial charge in [0.1, 0.15) is 0 Å². The number of fused-ring (bicyclic) bond motifs is 1. The number of para-hydroxylation sites is 1. The van der Waals surface area contributed by atoms with Crippen molar-refractivity contribution in [2.75, 3.05) is 0 Å². The minimum Gasteiger partial charge on any atom is -0.360 e. The van der Waals surface area contributed by atoms with Crippen molar-refractivity contribution in [3.63, 3.8) is 0 Å². The lowest BCUT2D eigenvalue weighted by Gasteiger charge is -2.02. The molecule has 0 spiro atoms. The summed E-state index contributed by atoms with van der Waals surface area (Å²) in [6, 6.07) is 7.70. The monoisotopic (exact) mass is 297 g/mol. The van der Waals surface area contributed by atoms with Crippen LogP contribution >= 0.6 is 11.3 Å². The molecule has 0 aliphatic rings. The molecule has 0 aliphatic heterocycles. The van der Waals surface area contributed by atoms with Crippen molar-refractivity contribution in [3.05, 3.63) is 52.1 Å². The van der Waals surface area contributed by atoms with Crippen LogP contribution in [0.1, 0.15) is 34.9 Å². The van der Waals surface area contributed by atoms with Crippen molar-refractivity contribution in [2.45, 2.75) is 13.8 Å². The van der Waals surface area contributed by atoms with Gasteiger partial charge in [-0.25, -0.2) is 4.98 Å². The molecular formula is C16H15N3OS. The van der Waals surface area contributed by atoms with E-state index < -0.39 is 0 Å². The Hall–Kier alpha value is -2.27. The van der Waals surface area contributed by atoms with Crippen LogP contribution in [0.4, 0.5) is 0 Å². The van der Waals surface area contributed by atoms with Gasteiger partial charge in [0.15, 0.2) is 5.01 Å². The van der Waals surface area contributed by atoms with Gasteiger partial charge in [-0.05, 0) is 12.0 Å². The molecule has 2 heterocycles. The topological polar surface area (TPSA) is 69.6 Å². The average molecular weight is 297 g/mol. The molecular weight excluding hydrogens is 282 g/mol. The van der Waals surface area contributed by atoms with Gasteiger partial charge in [-0.3, -0.25) is 4.79 Å². The molecule has 0 amide bonds. The number of hydrogen-bond acceptors (Lipinski definition) is 4. The summed E-state index contributed by atoms with van der Waals surface area (Å²) >= 11 is 1.29. The number of nitrogens with zero attached hydrogens (tertiary/aromatic N) is 1. The second kappa shape index (κ2) is 5.26. The summed E-state index contributed by atoms with van der Waals surface area (Å²) in [5.74, 6) is 0.00315. The number of hydrogen-bond donors (Lipinski definition) is 2. The first-order valence-corrected chi connectivity index (χ1v) is 7.61. The zero-order valence-electron chi connectivity index (χ0n) is 11.8. The number of nitrogens with one attached hydrogen (secondary N) is 2. The first-order valence-electron chi connectivity index (χ1n) is 6.73.